The van der Waals surface area contributed by atoms with Gasteiger partial charge in [0.15, 0.2) is 0 Å². The van der Waals surface area contributed by atoms with Crippen LogP contribution in [0.15, 0.2) is 49.6 Å². The Morgan fingerprint density at radius 3 is 2.35 bits per heavy atom. The first-order valence-electron chi connectivity index (χ1n) is 15.8. The van der Waals surface area contributed by atoms with E-state index in [0.29, 0.717) is 31.4 Å². The first-order valence-corrected chi connectivity index (χ1v) is 15.8. The van der Waals surface area contributed by atoms with Crippen LogP contribution in [0.5, 0.6) is 0 Å². The van der Waals surface area contributed by atoms with Crippen molar-refractivity contribution in [2.24, 2.45) is 17.8 Å². The number of likely N-dealkylation sites (tertiary alicyclic amines) is 1. The van der Waals surface area contributed by atoms with Crippen molar-refractivity contribution in [3.8, 4) is 0 Å². The maximum absolute atomic E-state index is 14.9. The minimum Gasteiger partial charge on any atom is -0.465 e. The van der Waals surface area contributed by atoms with E-state index in [1.165, 1.54) is 0 Å². The van der Waals surface area contributed by atoms with Gasteiger partial charge in [0.25, 0.3) is 5.91 Å². The minimum absolute atomic E-state index is 0.0912. The average molecular weight is 596 g/mol. The van der Waals surface area contributed by atoms with E-state index in [4.69, 9.17) is 9.47 Å². The molecule has 3 saturated heterocycles. The third-order valence-electron chi connectivity index (χ3n) is 9.98. The van der Waals surface area contributed by atoms with Crippen LogP contribution >= 0.6 is 0 Å². The third-order valence-corrected chi connectivity index (χ3v) is 9.98. The number of esters is 1. The SMILES string of the molecule is C=CCCOC(=O)[C@@H]1[C@H]2C(=O)N([C@@H](CO)[C@@H](C)CC)C(C(=O)N(CC=C)c3ccc(N(CC)CC)cc3)C23CC[C@@]1(C)O3. The zero-order valence-electron chi connectivity index (χ0n) is 26.5. The summed E-state index contributed by atoms with van der Waals surface area (Å²) in [5, 5.41) is 10.6. The number of aliphatic hydroxyl groups is 1. The summed E-state index contributed by atoms with van der Waals surface area (Å²) in [6.45, 7) is 19.4. The van der Waals surface area contributed by atoms with Gasteiger partial charge in [-0.15, -0.1) is 13.2 Å². The van der Waals surface area contributed by atoms with Crippen LogP contribution in [-0.2, 0) is 23.9 Å². The number of nitrogens with zero attached hydrogens (tertiary/aromatic N) is 3. The Morgan fingerprint density at radius 2 is 1.79 bits per heavy atom. The molecule has 3 fully saturated rings. The van der Waals surface area contributed by atoms with Gasteiger partial charge in [-0.25, -0.2) is 0 Å². The molecule has 0 radical (unpaired) electrons. The van der Waals surface area contributed by atoms with Gasteiger partial charge in [0.1, 0.15) is 17.6 Å². The summed E-state index contributed by atoms with van der Waals surface area (Å²) in [4.78, 5) is 48.3. The van der Waals surface area contributed by atoms with Crippen LogP contribution < -0.4 is 9.80 Å². The van der Waals surface area contributed by atoms with Gasteiger partial charge < -0.3 is 29.3 Å². The van der Waals surface area contributed by atoms with E-state index in [0.717, 1.165) is 18.8 Å². The fourth-order valence-corrected chi connectivity index (χ4v) is 7.54. The lowest BCUT2D eigenvalue weighted by Gasteiger charge is -2.41. The molecule has 3 aliphatic rings. The largest absolute Gasteiger partial charge is 0.465 e. The number of benzene rings is 1. The molecule has 1 aromatic carbocycles. The van der Waals surface area contributed by atoms with E-state index < -0.39 is 41.1 Å². The molecule has 3 aliphatic heterocycles. The molecule has 1 spiro atoms. The second-order valence-electron chi connectivity index (χ2n) is 12.3. The van der Waals surface area contributed by atoms with Gasteiger partial charge in [-0.05, 0) is 70.2 Å². The fraction of sp³-hybridized carbons (Fsp3) is 0.618. The number of hydrogen-bond donors (Lipinski definition) is 1. The molecule has 9 heteroatoms. The smallest absolute Gasteiger partial charge is 0.312 e. The Morgan fingerprint density at radius 1 is 1.14 bits per heavy atom. The predicted octanol–water partition coefficient (Wildman–Crippen LogP) is 4.34. The molecule has 1 aromatic rings. The summed E-state index contributed by atoms with van der Waals surface area (Å²) in [7, 11) is 0. The molecule has 4 rings (SSSR count). The van der Waals surface area contributed by atoms with E-state index in [2.05, 4.69) is 31.9 Å². The standard InChI is InChI=1S/C34H49N3O6/c1-8-13-21-42-32(41)28-27-30(39)37(26(22-38)23(6)10-3)29(34(27)19-18-33(28,7)43-34)31(40)36(20-9-2)25-16-14-24(15-17-25)35(11-4)12-5/h8-9,14-17,23,26-29,38H,1-2,10-13,18-22H2,3-7H3/t23-,26-,27-,28-,29?,33+,34?/m0/s1. The molecule has 43 heavy (non-hydrogen) atoms. The summed E-state index contributed by atoms with van der Waals surface area (Å²) in [5.41, 5.74) is -0.421. The van der Waals surface area contributed by atoms with Crippen LogP contribution in [0, 0.1) is 17.8 Å². The molecule has 2 amide bonds. The molecular weight excluding hydrogens is 546 g/mol. The number of hydrogen-bond acceptors (Lipinski definition) is 7. The van der Waals surface area contributed by atoms with Crippen molar-refractivity contribution >= 4 is 29.2 Å². The molecule has 0 aliphatic carbocycles. The van der Waals surface area contributed by atoms with Crippen molar-refractivity contribution in [2.75, 3.05) is 42.6 Å². The molecule has 3 heterocycles. The van der Waals surface area contributed by atoms with E-state index in [9.17, 15) is 19.5 Å². The van der Waals surface area contributed by atoms with Crippen molar-refractivity contribution in [3.05, 3.63) is 49.6 Å². The Labute approximate surface area is 256 Å². The number of aliphatic hydroxyl groups excluding tert-OH is 1. The number of anilines is 2. The van der Waals surface area contributed by atoms with Gasteiger partial charge in [0.2, 0.25) is 5.91 Å². The quantitative estimate of drug-likeness (QED) is 0.183. The molecule has 0 aromatic heterocycles. The normalized spacial score (nSPS) is 28.7. The lowest BCUT2D eigenvalue weighted by molar-refractivity contribution is -0.160. The molecule has 0 saturated carbocycles. The van der Waals surface area contributed by atoms with Crippen molar-refractivity contribution in [3.63, 3.8) is 0 Å². The molecule has 2 bridgehead atoms. The lowest BCUT2D eigenvalue weighted by Crippen LogP contribution is -2.60. The van der Waals surface area contributed by atoms with Crippen molar-refractivity contribution in [1.82, 2.24) is 4.90 Å². The molecule has 9 nitrogen and oxygen atoms in total. The Kier molecular flexibility index (Phi) is 10.1. The Bertz CT molecular complexity index is 1200. The summed E-state index contributed by atoms with van der Waals surface area (Å²) in [6.07, 6.45) is 5.50. The zero-order valence-corrected chi connectivity index (χ0v) is 26.5. The molecule has 7 atom stereocenters. The van der Waals surface area contributed by atoms with Crippen molar-refractivity contribution in [2.45, 2.75) is 83.6 Å². The van der Waals surface area contributed by atoms with Crippen LogP contribution in [0.2, 0.25) is 0 Å². The van der Waals surface area contributed by atoms with E-state index in [1.54, 1.807) is 22.0 Å². The van der Waals surface area contributed by atoms with Crippen molar-refractivity contribution in [1.29, 1.82) is 0 Å². The molecule has 236 valence electrons. The first kappa shape index (κ1) is 32.7. The lowest BCUT2D eigenvalue weighted by atomic mass is 9.66. The molecular formula is C34H49N3O6. The van der Waals surface area contributed by atoms with Gasteiger partial charge in [0, 0.05) is 31.0 Å². The van der Waals surface area contributed by atoms with Crippen LogP contribution in [0.25, 0.3) is 0 Å². The number of carbonyl (C=O) groups is 3. The minimum atomic E-state index is -1.22. The predicted molar refractivity (Wildman–Crippen MR) is 168 cm³/mol. The van der Waals surface area contributed by atoms with E-state index in [-0.39, 0.29) is 37.5 Å². The summed E-state index contributed by atoms with van der Waals surface area (Å²) in [6, 6.07) is 6.18. The number of fused-ring (bicyclic) bond motifs is 1. The van der Waals surface area contributed by atoms with Crippen LogP contribution in [0.1, 0.15) is 60.3 Å². The van der Waals surface area contributed by atoms with Crippen molar-refractivity contribution < 1.29 is 29.0 Å². The van der Waals surface area contributed by atoms with Gasteiger partial charge in [0.05, 0.1) is 30.8 Å². The number of carbonyl (C=O) groups excluding carboxylic acids is 3. The highest BCUT2D eigenvalue weighted by molar-refractivity contribution is 6.05. The number of rotatable bonds is 15. The van der Waals surface area contributed by atoms with Gasteiger partial charge in [-0.2, -0.15) is 0 Å². The van der Waals surface area contributed by atoms with Crippen LogP contribution in [0.3, 0.4) is 0 Å². The first-order chi connectivity index (χ1) is 20.6. The second-order valence-corrected chi connectivity index (χ2v) is 12.3. The number of ether oxygens (including phenoxy) is 2. The highest BCUT2D eigenvalue weighted by Crippen LogP contribution is 2.64. The van der Waals surface area contributed by atoms with Crippen LogP contribution in [0.4, 0.5) is 11.4 Å². The second kappa shape index (κ2) is 13.2. The summed E-state index contributed by atoms with van der Waals surface area (Å²) < 4.78 is 12.4. The number of amides is 2. The van der Waals surface area contributed by atoms with E-state index in [1.807, 2.05) is 45.0 Å². The van der Waals surface area contributed by atoms with Gasteiger partial charge in [-0.3, -0.25) is 14.4 Å². The fourth-order valence-electron chi connectivity index (χ4n) is 7.54. The van der Waals surface area contributed by atoms with Crippen LogP contribution in [-0.4, -0.2) is 83.9 Å². The molecule has 1 N–H and O–H groups in total. The maximum Gasteiger partial charge on any atom is 0.312 e. The van der Waals surface area contributed by atoms with E-state index >= 15 is 0 Å². The summed E-state index contributed by atoms with van der Waals surface area (Å²) >= 11 is 0. The van der Waals surface area contributed by atoms with Gasteiger partial charge >= 0.3 is 5.97 Å². The summed E-state index contributed by atoms with van der Waals surface area (Å²) in [5.74, 6) is -2.95. The Balaban J connectivity index is 1.80. The zero-order chi connectivity index (χ0) is 31.5. The molecule has 2 unspecified atom stereocenters. The topological polar surface area (TPSA) is 99.6 Å². The highest BCUT2D eigenvalue weighted by Gasteiger charge is 2.79. The monoisotopic (exact) mass is 595 g/mol. The maximum atomic E-state index is 14.9. The third kappa shape index (κ3) is 5.50. The highest BCUT2D eigenvalue weighted by atomic mass is 16.6. The average Bonchev–Trinajstić information content (AvgIpc) is 3.57. The van der Waals surface area contributed by atoms with Gasteiger partial charge in [-0.1, -0.05) is 32.4 Å². The Hall–Kier alpha value is -3.17.